The molecule has 0 radical (unpaired) electrons. The van der Waals surface area contributed by atoms with Crippen LogP contribution in [0.3, 0.4) is 0 Å². The minimum atomic E-state index is 0.840. The number of nitrogens with zero attached hydrogens (tertiary/aromatic N) is 1. The van der Waals surface area contributed by atoms with Crippen molar-refractivity contribution in [3.63, 3.8) is 0 Å². The van der Waals surface area contributed by atoms with Gasteiger partial charge < -0.3 is 9.73 Å². The van der Waals surface area contributed by atoms with Gasteiger partial charge in [-0.15, -0.1) is 0 Å². The predicted octanol–water partition coefficient (Wildman–Crippen LogP) is 2.93. The summed E-state index contributed by atoms with van der Waals surface area (Å²) in [4.78, 5) is 2.49. The molecule has 3 heteroatoms. The Morgan fingerprint density at radius 1 is 1.50 bits per heavy atom. The van der Waals surface area contributed by atoms with Crippen molar-refractivity contribution < 1.29 is 4.42 Å². The van der Waals surface area contributed by atoms with Gasteiger partial charge in [0, 0.05) is 6.54 Å². The lowest BCUT2D eigenvalue weighted by Crippen LogP contribution is -2.19. The maximum atomic E-state index is 5.95. The Balaban J connectivity index is 1.87. The normalized spacial score (nSPS) is 20.7. The van der Waals surface area contributed by atoms with E-state index in [0.29, 0.717) is 0 Å². The third kappa shape index (κ3) is 3.59. The van der Waals surface area contributed by atoms with Crippen LogP contribution in [0.2, 0.25) is 0 Å². The number of hydrogen-bond donors (Lipinski definition) is 1. The highest BCUT2D eigenvalue weighted by molar-refractivity contribution is 5.20. The molecule has 0 saturated carbocycles. The zero-order valence-electron chi connectivity index (χ0n) is 12.0. The summed E-state index contributed by atoms with van der Waals surface area (Å²) in [7, 11) is 0. The van der Waals surface area contributed by atoms with Crippen LogP contribution in [0.1, 0.15) is 43.8 Å². The maximum Gasteiger partial charge on any atom is 0.120 e. The van der Waals surface area contributed by atoms with Gasteiger partial charge in [0.2, 0.25) is 0 Å². The SMILES string of the molecule is CCCNCc1oc(CN2CCC(C)C2)cc1C. The fraction of sp³-hybridized carbons (Fsp3) is 0.733. The number of aryl methyl sites for hydroxylation is 1. The van der Waals surface area contributed by atoms with Gasteiger partial charge in [0.05, 0.1) is 13.1 Å². The van der Waals surface area contributed by atoms with E-state index in [2.05, 4.69) is 37.1 Å². The fourth-order valence-electron chi connectivity index (χ4n) is 2.61. The van der Waals surface area contributed by atoms with Crippen molar-refractivity contribution in [3.05, 3.63) is 23.2 Å². The number of likely N-dealkylation sites (tertiary alicyclic amines) is 1. The maximum absolute atomic E-state index is 5.95. The molecule has 1 N–H and O–H groups in total. The van der Waals surface area contributed by atoms with Crippen molar-refractivity contribution >= 4 is 0 Å². The lowest BCUT2D eigenvalue weighted by molar-refractivity contribution is 0.284. The van der Waals surface area contributed by atoms with Crippen LogP contribution in [0.25, 0.3) is 0 Å². The van der Waals surface area contributed by atoms with E-state index in [1.807, 2.05) is 0 Å². The summed E-state index contributed by atoms with van der Waals surface area (Å²) >= 11 is 0. The van der Waals surface area contributed by atoms with E-state index < -0.39 is 0 Å². The zero-order chi connectivity index (χ0) is 13.0. The summed E-state index contributed by atoms with van der Waals surface area (Å²) in [5.74, 6) is 3.06. The first kappa shape index (κ1) is 13.6. The molecule has 1 saturated heterocycles. The highest BCUT2D eigenvalue weighted by Crippen LogP contribution is 2.21. The number of furan rings is 1. The van der Waals surface area contributed by atoms with E-state index in [-0.39, 0.29) is 0 Å². The van der Waals surface area contributed by atoms with E-state index in [4.69, 9.17) is 4.42 Å². The first-order chi connectivity index (χ1) is 8.69. The second-order valence-electron chi connectivity index (χ2n) is 5.62. The second-order valence-corrected chi connectivity index (χ2v) is 5.62. The summed E-state index contributed by atoms with van der Waals surface area (Å²) < 4.78 is 5.95. The summed E-state index contributed by atoms with van der Waals surface area (Å²) in [5, 5.41) is 3.40. The van der Waals surface area contributed by atoms with Crippen LogP contribution < -0.4 is 5.32 Å². The molecular weight excluding hydrogens is 224 g/mol. The molecule has 1 aromatic heterocycles. The molecule has 2 heterocycles. The highest BCUT2D eigenvalue weighted by atomic mass is 16.3. The smallest absolute Gasteiger partial charge is 0.120 e. The molecule has 1 aliphatic rings. The Labute approximate surface area is 111 Å². The molecule has 0 aromatic carbocycles. The quantitative estimate of drug-likeness (QED) is 0.787. The zero-order valence-corrected chi connectivity index (χ0v) is 12.0. The molecule has 3 nitrogen and oxygen atoms in total. The van der Waals surface area contributed by atoms with Crippen LogP contribution in [-0.2, 0) is 13.1 Å². The van der Waals surface area contributed by atoms with Crippen LogP contribution >= 0.6 is 0 Å². The van der Waals surface area contributed by atoms with Gasteiger partial charge in [-0.25, -0.2) is 0 Å². The Kier molecular flexibility index (Phi) is 4.84. The molecule has 102 valence electrons. The predicted molar refractivity (Wildman–Crippen MR) is 74.5 cm³/mol. The monoisotopic (exact) mass is 250 g/mol. The number of nitrogens with one attached hydrogen (secondary N) is 1. The molecule has 2 rings (SSSR count). The lowest BCUT2D eigenvalue weighted by atomic mass is 10.2. The van der Waals surface area contributed by atoms with Crippen molar-refractivity contribution in [1.82, 2.24) is 10.2 Å². The number of hydrogen-bond acceptors (Lipinski definition) is 3. The van der Waals surface area contributed by atoms with E-state index in [0.717, 1.165) is 43.5 Å². The summed E-state index contributed by atoms with van der Waals surface area (Å²) in [6, 6.07) is 2.20. The molecule has 0 amide bonds. The first-order valence-corrected chi connectivity index (χ1v) is 7.20. The average molecular weight is 250 g/mol. The Morgan fingerprint density at radius 3 is 3.00 bits per heavy atom. The topological polar surface area (TPSA) is 28.4 Å². The van der Waals surface area contributed by atoms with E-state index in [1.54, 1.807) is 0 Å². The summed E-state index contributed by atoms with van der Waals surface area (Å²) in [6.07, 6.45) is 2.49. The molecule has 1 aromatic rings. The van der Waals surface area contributed by atoms with Crippen LogP contribution in [-0.4, -0.2) is 24.5 Å². The molecule has 1 fully saturated rings. The van der Waals surface area contributed by atoms with E-state index in [9.17, 15) is 0 Å². The first-order valence-electron chi connectivity index (χ1n) is 7.20. The largest absolute Gasteiger partial charge is 0.463 e. The molecule has 1 atom stereocenters. The van der Waals surface area contributed by atoms with Gasteiger partial charge in [0.1, 0.15) is 11.5 Å². The van der Waals surface area contributed by atoms with Crippen molar-refractivity contribution in [2.24, 2.45) is 5.92 Å². The highest BCUT2D eigenvalue weighted by Gasteiger charge is 2.20. The van der Waals surface area contributed by atoms with Crippen molar-refractivity contribution in [2.45, 2.75) is 46.7 Å². The van der Waals surface area contributed by atoms with Crippen molar-refractivity contribution in [2.75, 3.05) is 19.6 Å². The molecule has 1 aliphatic heterocycles. The summed E-state index contributed by atoms with van der Waals surface area (Å²) in [5.41, 5.74) is 1.28. The standard InChI is InChI=1S/C15H26N2O/c1-4-6-16-9-15-13(3)8-14(18-15)11-17-7-5-12(2)10-17/h8,12,16H,4-7,9-11H2,1-3H3. The molecule has 0 spiro atoms. The molecule has 18 heavy (non-hydrogen) atoms. The second kappa shape index (κ2) is 6.39. The van der Waals surface area contributed by atoms with Crippen LogP contribution in [0.5, 0.6) is 0 Å². The molecule has 0 bridgehead atoms. The Bertz CT molecular complexity index is 373. The minimum Gasteiger partial charge on any atom is -0.463 e. The van der Waals surface area contributed by atoms with Crippen LogP contribution in [0, 0.1) is 12.8 Å². The van der Waals surface area contributed by atoms with E-state index >= 15 is 0 Å². The van der Waals surface area contributed by atoms with Gasteiger partial charge in [-0.3, -0.25) is 4.90 Å². The van der Waals surface area contributed by atoms with Gasteiger partial charge in [-0.1, -0.05) is 13.8 Å². The lowest BCUT2D eigenvalue weighted by Gasteiger charge is -2.12. The Morgan fingerprint density at radius 2 is 2.33 bits per heavy atom. The third-order valence-corrected chi connectivity index (χ3v) is 3.67. The average Bonchev–Trinajstić information content (AvgIpc) is 2.87. The molecular formula is C15H26N2O. The van der Waals surface area contributed by atoms with Crippen molar-refractivity contribution in [3.8, 4) is 0 Å². The Hall–Kier alpha value is -0.800. The van der Waals surface area contributed by atoms with Gasteiger partial charge in [-0.05, 0) is 50.4 Å². The summed E-state index contributed by atoms with van der Waals surface area (Å²) in [6.45, 7) is 12.0. The van der Waals surface area contributed by atoms with Crippen molar-refractivity contribution in [1.29, 1.82) is 0 Å². The van der Waals surface area contributed by atoms with Gasteiger partial charge in [0.15, 0.2) is 0 Å². The van der Waals surface area contributed by atoms with Gasteiger partial charge in [-0.2, -0.15) is 0 Å². The third-order valence-electron chi connectivity index (χ3n) is 3.67. The number of rotatable bonds is 6. The fourth-order valence-corrected chi connectivity index (χ4v) is 2.61. The van der Waals surface area contributed by atoms with Crippen LogP contribution in [0.4, 0.5) is 0 Å². The minimum absolute atomic E-state index is 0.840. The molecule has 1 unspecified atom stereocenters. The van der Waals surface area contributed by atoms with Gasteiger partial charge in [0.25, 0.3) is 0 Å². The van der Waals surface area contributed by atoms with E-state index in [1.165, 1.54) is 25.1 Å². The van der Waals surface area contributed by atoms with Crippen LogP contribution in [0.15, 0.2) is 10.5 Å². The van der Waals surface area contributed by atoms with Gasteiger partial charge >= 0.3 is 0 Å². The molecule has 0 aliphatic carbocycles.